The fraction of sp³-hybridized carbons (Fsp3) is 0.200. The zero-order valence-electron chi connectivity index (χ0n) is 10.3. The molecule has 0 amide bonds. The van der Waals surface area contributed by atoms with Crippen LogP contribution in [-0.4, -0.2) is 17.5 Å². The molecule has 1 aliphatic rings. The van der Waals surface area contributed by atoms with E-state index in [4.69, 9.17) is 16.3 Å². The average molecular weight is 276 g/mol. The summed E-state index contributed by atoms with van der Waals surface area (Å²) in [6, 6.07) is 13.1. The summed E-state index contributed by atoms with van der Waals surface area (Å²) in [6.45, 7) is 0.744. The molecule has 3 rings (SSSR count). The van der Waals surface area contributed by atoms with Gasteiger partial charge in [-0.2, -0.15) is 0 Å². The number of alkyl halides is 1. The number of fused-ring (bicyclic) bond motifs is 2. The Kier molecular flexibility index (Phi) is 3.22. The number of nitrogens with zero attached hydrogens (tertiary/aromatic N) is 1. The van der Waals surface area contributed by atoms with Gasteiger partial charge < -0.3 is 14.7 Å². The fourth-order valence-corrected chi connectivity index (χ4v) is 2.44. The Hall–Kier alpha value is -1.87. The third-order valence-electron chi connectivity index (χ3n) is 3.14. The van der Waals surface area contributed by atoms with Gasteiger partial charge in [0.15, 0.2) is 11.5 Å². The van der Waals surface area contributed by atoms with Gasteiger partial charge in [0.2, 0.25) is 0 Å². The van der Waals surface area contributed by atoms with Crippen molar-refractivity contribution in [3.05, 3.63) is 42.5 Å². The lowest BCUT2D eigenvalue weighted by Gasteiger charge is -2.33. The van der Waals surface area contributed by atoms with Gasteiger partial charge in [-0.3, -0.25) is 0 Å². The number of phenolic OH excluding ortho intramolecular Hbond substituents is 1. The highest BCUT2D eigenvalue weighted by Crippen LogP contribution is 2.50. The number of halogens is 1. The van der Waals surface area contributed by atoms with Crippen LogP contribution in [0.2, 0.25) is 0 Å². The van der Waals surface area contributed by atoms with E-state index in [1.54, 1.807) is 12.1 Å². The smallest absolute Gasteiger partial charge is 0.155 e. The third kappa shape index (κ3) is 2.10. The molecule has 0 unspecified atom stereocenters. The molecule has 0 atom stereocenters. The third-order valence-corrected chi connectivity index (χ3v) is 3.41. The highest BCUT2D eigenvalue weighted by atomic mass is 35.5. The molecule has 1 heterocycles. The highest BCUT2D eigenvalue weighted by molar-refractivity contribution is 6.17. The van der Waals surface area contributed by atoms with Crippen molar-refractivity contribution in [1.82, 2.24) is 0 Å². The molecule has 2 aromatic carbocycles. The van der Waals surface area contributed by atoms with Crippen molar-refractivity contribution in [2.75, 3.05) is 17.3 Å². The van der Waals surface area contributed by atoms with Crippen molar-refractivity contribution in [3.8, 4) is 17.2 Å². The molecule has 4 heteroatoms. The first-order valence-electron chi connectivity index (χ1n) is 6.23. The van der Waals surface area contributed by atoms with Gasteiger partial charge in [-0.15, -0.1) is 11.6 Å². The molecule has 0 radical (unpaired) electrons. The lowest BCUT2D eigenvalue weighted by atomic mass is 10.1. The summed E-state index contributed by atoms with van der Waals surface area (Å²) in [5.41, 5.74) is 1.67. The van der Waals surface area contributed by atoms with Crippen LogP contribution in [0.15, 0.2) is 42.5 Å². The van der Waals surface area contributed by atoms with Crippen LogP contribution in [0.4, 0.5) is 11.4 Å². The zero-order chi connectivity index (χ0) is 13.2. The molecule has 0 aliphatic carbocycles. The molecule has 0 spiro atoms. The van der Waals surface area contributed by atoms with Crippen LogP contribution in [-0.2, 0) is 0 Å². The SMILES string of the molecule is Oc1cccc2c1N(CCCCl)c1ccccc1O2. The number of ether oxygens (including phenoxy) is 1. The Labute approximate surface area is 117 Å². The van der Waals surface area contributed by atoms with E-state index in [-0.39, 0.29) is 5.75 Å². The number of para-hydroxylation sites is 3. The Morgan fingerprint density at radius 3 is 2.68 bits per heavy atom. The number of anilines is 2. The lowest BCUT2D eigenvalue weighted by Crippen LogP contribution is -2.22. The van der Waals surface area contributed by atoms with E-state index in [2.05, 4.69) is 4.90 Å². The number of benzene rings is 2. The summed E-state index contributed by atoms with van der Waals surface area (Å²) in [4.78, 5) is 2.06. The van der Waals surface area contributed by atoms with Gasteiger partial charge in [0.25, 0.3) is 0 Å². The first kappa shape index (κ1) is 12.2. The summed E-state index contributed by atoms with van der Waals surface area (Å²) >= 11 is 5.79. The first-order chi connectivity index (χ1) is 9.31. The minimum absolute atomic E-state index is 0.224. The molecule has 19 heavy (non-hydrogen) atoms. The second-order valence-corrected chi connectivity index (χ2v) is 4.77. The van der Waals surface area contributed by atoms with Gasteiger partial charge in [0.05, 0.1) is 5.69 Å². The molecular weight excluding hydrogens is 262 g/mol. The maximum absolute atomic E-state index is 10.1. The largest absolute Gasteiger partial charge is 0.506 e. The molecule has 2 aromatic rings. The molecule has 3 nitrogen and oxygen atoms in total. The van der Waals surface area contributed by atoms with Crippen LogP contribution >= 0.6 is 11.6 Å². The zero-order valence-corrected chi connectivity index (χ0v) is 11.1. The van der Waals surface area contributed by atoms with Crippen molar-refractivity contribution >= 4 is 23.0 Å². The van der Waals surface area contributed by atoms with Gasteiger partial charge in [-0.25, -0.2) is 0 Å². The van der Waals surface area contributed by atoms with Crippen molar-refractivity contribution in [1.29, 1.82) is 0 Å². The second kappa shape index (κ2) is 5.02. The van der Waals surface area contributed by atoms with Crippen LogP contribution in [0.1, 0.15) is 6.42 Å². The molecule has 1 N–H and O–H groups in total. The Bertz CT molecular complexity index is 600. The maximum atomic E-state index is 10.1. The molecule has 0 fully saturated rings. The molecule has 0 aromatic heterocycles. The van der Waals surface area contributed by atoms with E-state index in [1.807, 2.05) is 30.3 Å². The molecule has 1 aliphatic heterocycles. The minimum atomic E-state index is 0.224. The average Bonchev–Trinajstić information content (AvgIpc) is 2.44. The minimum Gasteiger partial charge on any atom is -0.506 e. The van der Waals surface area contributed by atoms with Crippen LogP contribution < -0.4 is 9.64 Å². The van der Waals surface area contributed by atoms with E-state index in [1.165, 1.54) is 0 Å². The van der Waals surface area contributed by atoms with E-state index in [0.29, 0.717) is 17.3 Å². The van der Waals surface area contributed by atoms with Crippen molar-refractivity contribution < 1.29 is 9.84 Å². The number of rotatable bonds is 3. The number of hydrogen-bond acceptors (Lipinski definition) is 3. The van der Waals surface area contributed by atoms with Gasteiger partial charge in [-0.05, 0) is 30.7 Å². The van der Waals surface area contributed by atoms with Crippen LogP contribution in [0.5, 0.6) is 17.2 Å². The number of phenols is 1. The highest BCUT2D eigenvalue weighted by Gasteiger charge is 2.26. The van der Waals surface area contributed by atoms with E-state index >= 15 is 0 Å². The van der Waals surface area contributed by atoms with E-state index in [0.717, 1.165) is 24.4 Å². The Balaban J connectivity index is 2.11. The molecule has 0 saturated carbocycles. The summed E-state index contributed by atoms with van der Waals surface area (Å²) in [5, 5.41) is 10.1. The Morgan fingerprint density at radius 2 is 1.84 bits per heavy atom. The van der Waals surface area contributed by atoms with Crippen molar-refractivity contribution in [2.24, 2.45) is 0 Å². The number of hydrogen-bond donors (Lipinski definition) is 1. The fourth-order valence-electron chi connectivity index (χ4n) is 2.32. The van der Waals surface area contributed by atoms with Crippen LogP contribution in [0.25, 0.3) is 0 Å². The predicted molar refractivity (Wildman–Crippen MR) is 77.0 cm³/mol. The first-order valence-corrected chi connectivity index (χ1v) is 6.77. The maximum Gasteiger partial charge on any atom is 0.155 e. The quantitative estimate of drug-likeness (QED) is 0.850. The van der Waals surface area contributed by atoms with Crippen molar-refractivity contribution in [3.63, 3.8) is 0 Å². The van der Waals surface area contributed by atoms with E-state index < -0.39 is 0 Å². The summed E-state index contributed by atoms with van der Waals surface area (Å²) in [5.74, 6) is 2.28. The topological polar surface area (TPSA) is 32.7 Å². The molecule has 0 saturated heterocycles. The predicted octanol–water partition coefficient (Wildman–Crippen LogP) is 4.26. The van der Waals surface area contributed by atoms with Gasteiger partial charge >= 0.3 is 0 Å². The molecular formula is C15H14ClNO2. The normalized spacial score (nSPS) is 12.6. The van der Waals surface area contributed by atoms with Crippen LogP contribution in [0.3, 0.4) is 0 Å². The van der Waals surface area contributed by atoms with Crippen molar-refractivity contribution in [2.45, 2.75) is 6.42 Å². The Morgan fingerprint density at radius 1 is 1.05 bits per heavy atom. The van der Waals surface area contributed by atoms with Gasteiger partial charge in [0, 0.05) is 12.4 Å². The van der Waals surface area contributed by atoms with Gasteiger partial charge in [-0.1, -0.05) is 18.2 Å². The monoisotopic (exact) mass is 275 g/mol. The summed E-state index contributed by atoms with van der Waals surface area (Å²) in [7, 11) is 0. The lowest BCUT2D eigenvalue weighted by molar-refractivity contribution is 0.447. The number of aromatic hydroxyl groups is 1. The summed E-state index contributed by atoms with van der Waals surface area (Å²) < 4.78 is 5.83. The second-order valence-electron chi connectivity index (χ2n) is 4.39. The molecule has 98 valence electrons. The van der Waals surface area contributed by atoms with E-state index in [9.17, 15) is 5.11 Å². The van der Waals surface area contributed by atoms with Crippen LogP contribution in [0, 0.1) is 0 Å². The standard InChI is InChI=1S/C15H14ClNO2/c16-9-4-10-17-11-5-1-2-7-13(11)19-14-8-3-6-12(18)15(14)17/h1-3,5-8,18H,4,9-10H2. The van der Waals surface area contributed by atoms with Gasteiger partial charge in [0.1, 0.15) is 11.4 Å². The molecule has 0 bridgehead atoms. The summed E-state index contributed by atoms with van der Waals surface area (Å²) in [6.07, 6.45) is 0.837.